The van der Waals surface area contributed by atoms with E-state index in [2.05, 4.69) is 10.3 Å². The number of aromatic nitrogens is 1. The number of rotatable bonds is 7. The second-order valence-corrected chi connectivity index (χ2v) is 7.26. The number of carbonyl (C=O) groups excluding carboxylic acids is 1. The van der Waals surface area contributed by atoms with Crippen LogP contribution in [0, 0.1) is 6.92 Å². The van der Waals surface area contributed by atoms with E-state index in [4.69, 9.17) is 9.47 Å². The highest BCUT2D eigenvalue weighted by Gasteiger charge is 2.12. The molecule has 0 atom stereocenters. The molecule has 1 heterocycles. The van der Waals surface area contributed by atoms with Gasteiger partial charge in [-0.1, -0.05) is 12.1 Å². The first-order valence-electron chi connectivity index (χ1n) is 8.63. The Morgan fingerprint density at radius 2 is 1.81 bits per heavy atom. The molecule has 0 spiro atoms. The Balaban J connectivity index is 1.62. The lowest BCUT2D eigenvalue weighted by Crippen LogP contribution is -2.12. The van der Waals surface area contributed by atoms with Crippen LogP contribution in [0.1, 0.15) is 16.9 Å². The lowest BCUT2D eigenvalue weighted by atomic mass is 10.1. The number of ether oxygens (including phenoxy) is 2. The summed E-state index contributed by atoms with van der Waals surface area (Å²) in [5.74, 6) is 1.55. The highest BCUT2D eigenvalue weighted by atomic mass is 32.1. The maximum absolute atomic E-state index is 12.3. The fourth-order valence-electron chi connectivity index (χ4n) is 2.73. The second-order valence-electron chi connectivity index (χ2n) is 6.05. The van der Waals surface area contributed by atoms with Gasteiger partial charge in [0.25, 0.3) is 0 Å². The summed E-state index contributed by atoms with van der Waals surface area (Å²) >= 11 is 1.48. The number of anilines is 1. The van der Waals surface area contributed by atoms with Crippen molar-refractivity contribution < 1.29 is 14.3 Å². The van der Waals surface area contributed by atoms with E-state index in [-0.39, 0.29) is 5.91 Å². The third-order valence-corrected chi connectivity index (χ3v) is 5.07. The first-order valence-corrected chi connectivity index (χ1v) is 9.45. The second kappa shape index (κ2) is 8.68. The number of aryl methyl sites for hydroxylation is 2. The van der Waals surface area contributed by atoms with E-state index < -0.39 is 0 Å². The molecule has 3 aromatic rings. The number of methoxy groups -OCH3 is 2. The highest BCUT2D eigenvalue weighted by molar-refractivity contribution is 7.16. The number of carbonyl (C=O) groups is 1. The van der Waals surface area contributed by atoms with Crippen molar-refractivity contribution in [3.63, 3.8) is 0 Å². The van der Waals surface area contributed by atoms with Gasteiger partial charge in [-0.15, -0.1) is 11.3 Å². The van der Waals surface area contributed by atoms with Gasteiger partial charge in [0.1, 0.15) is 11.5 Å². The smallest absolute Gasteiger partial charge is 0.226 e. The Morgan fingerprint density at radius 3 is 2.52 bits per heavy atom. The number of nitrogens with one attached hydrogen (secondary N) is 1. The van der Waals surface area contributed by atoms with Crippen LogP contribution in [0.4, 0.5) is 5.13 Å². The summed E-state index contributed by atoms with van der Waals surface area (Å²) in [6.45, 7) is 2.00. The predicted octanol–water partition coefficient (Wildman–Crippen LogP) is 4.71. The molecule has 0 fully saturated rings. The summed E-state index contributed by atoms with van der Waals surface area (Å²) in [6.07, 6.45) is 1.04. The largest absolute Gasteiger partial charge is 0.497 e. The summed E-state index contributed by atoms with van der Waals surface area (Å²) in [6, 6.07) is 15.5. The molecule has 3 rings (SSSR count). The van der Waals surface area contributed by atoms with Gasteiger partial charge in [-0.25, -0.2) is 4.98 Å². The molecule has 0 unspecified atom stereocenters. The van der Waals surface area contributed by atoms with Crippen LogP contribution in [0.25, 0.3) is 11.3 Å². The summed E-state index contributed by atoms with van der Waals surface area (Å²) < 4.78 is 10.4. The molecule has 140 valence electrons. The number of hydrogen-bond acceptors (Lipinski definition) is 5. The molecule has 0 saturated heterocycles. The number of benzene rings is 2. The van der Waals surface area contributed by atoms with Gasteiger partial charge in [-0.3, -0.25) is 4.79 Å². The zero-order chi connectivity index (χ0) is 19.2. The van der Waals surface area contributed by atoms with Crippen molar-refractivity contribution >= 4 is 22.4 Å². The molecule has 0 bridgehead atoms. The average molecular weight is 382 g/mol. The summed E-state index contributed by atoms with van der Waals surface area (Å²) in [4.78, 5) is 17.9. The Morgan fingerprint density at radius 1 is 1.07 bits per heavy atom. The van der Waals surface area contributed by atoms with Gasteiger partial charge >= 0.3 is 0 Å². The van der Waals surface area contributed by atoms with Gasteiger partial charge in [-0.2, -0.15) is 0 Å². The first-order chi connectivity index (χ1) is 13.1. The van der Waals surface area contributed by atoms with E-state index >= 15 is 0 Å². The number of amides is 1. The van der Waals surface area contributed by atoms with E-state index in [1.54, 1.807) is 14.2 Å². The van der Waals surface area contributed by atoms with Crippen molar-refractivity contribution in [1.29, 1.82) is 0 Å². The Kier molecular flexibility index (Phi) is 6.08. The average Bonchev–Trinajstić information content (AvgIpc) is 3.06. The summed E-state index contributed by atoms with van der Waals surface area (Å²) in [5.41, 5.74) is 2.95. The van der Waals surface area contributed by atoms with Crippen LogP contribution >= 0.6 is 11.3 Å². The van der Waals surface area contributed by atoms with Gasteiger partial charge in [0, 0.05) is 16.9 Å². The Hall–Kier alpha value is -2.86. The van der Waals surface area contributed by atoms with Crippen molar-refractivity contribution in [2.75, 3.05) is 19.5 Å². The SMILES string of the molecule is COc1ccc(-c2nc(NC(=O)CCc3cccc(OC)c3)sc2C)cc1. The predicted molar refractivity (Wildman–Crippen MR) is 109 cm³/mol. The molecule has 6 heteroatoms. The molecule has 1 aromatic heterocycles. The zero-order valence-electron chi connectivity index (χ0n) is 15.6. The first kappa shape index (κ1) is 18.9. The van der Waals surface area contributed by atoms with E-state index in [0.717, 1.165) is 33.2 Å². The van der Waals surface area contributed by atoms with Crippen LogP contribution in [0.3, 0.4) is 0 Å². The normalized spacial score (nSPS) is 10.5. The monoisotopic (exact) mass is 382 g/mol. The molecular formula is C21H22N2O3S. The third-order valence-electron chi connectivity index (χ3n) is 4.18. The Bertz CT molecular complexity index is 919. The van der Waals surface area contributed by atoms with Crippen LogP contribution in [-0.2, 0) is 11.2 Å². The van der Waals surface area contributed by atoms with Crippen LogP contribution in [0.15, 0.2) is 48.5 Å². The van der Waals surface area contributed by atoms with E-state index in [9.17, 15) is 4.79 Å². The molecule has 0 aliphatic rings. The van der Waals surface area contributed by atoms with E-state index in [1.165, 1.54) is 11.3 Å². The fraction of sp³-hybridized carbons (Fsp3) is 0.238. The van der Waals surface area contributed by atoms with Crippen LogP contribution in [0.2, 0.25) is 0 Å². The minimum atomic E-state index is -0.0483. The molecule has 0 radical (unpaired) electrons. The summed E-state index contributed by atoms with van der Waals surface area (Å²) in [5, 5.41) is 3.53. The van der Waals surface area contributed by atoms with Crippen molar-refractivity contribution in [2.24, 2.45) is 0 Å². The van der Waals surface area contributed by atoms with Crippen LogP contribution in [-0.4, -0.2) is 25.1 Å². The lowest BCUT2D eigenvalue weighted by Gasteiger charge is -2.04. The minimum Gasteiger partial charge on any atom is -0.497 e. The maximum Gasteiger partial charge on any atom is 0.226 e. The molecule has 1 N–H and O–H groups in total. The lowest BCUT2D eigenvalue weighted by molar-refractivity contribution is -0.116. The third kappa shape index (κ3) is 4.86. The van der Waals surface area contributed by atoms with Gasteiger partial charge in [0.15, 0.2) is 5.13 Å². The van der Waals surface area contributed by atoms with Gasteiger partial charge in [-0.05, 0) is 55.3 Å². The molecule has 1 amide bonds. The molecule has 27 heavy (non-hydrogen) atoms. The van der Waals surface area contributed by atoms with Gasteiger partial charge in [0.05, 0.1) is 19.9 Å². The van der Waals surface area contributed by atoms with Crippen LogP contribution < -0.4 is 14.8 Å². The van der Waals surface area contributed by atoms with Crippen molar-refractivity contribution in [1.82, 2.24) is 4.98 Å². The maximum atomic E-state index is 12.3. The molecular weight excluding hydrogens is 360 g/mol. The zero-order valence-corrected chi connectivity index (χ0v) is 16.4. The van der Waals surface area contributed by atoms with Gasteiger partial charge < -0.3 is 14.8 Å². The molecule has 0 saturated carbocycles. The number of nitrogens with zero attached hydrogens (tertiary/aromatic N) is 1. The molecule has 0 aliphatic heterocycles. The minimum absolute atomic E-state index is 0.0483. The van der Waals surface area contributed by atoms with Crippen molar-refractivity contribution in [2.45, 2.75) is 19.8 Å². The number of thiazole rings is 1. The standard InChI is InChI=1S/C21H22N2O3S/c1-14-20(16-8-10-17(25-2)11-9-16)23-21(27-14)22-19(24)12-7-15-5-4-6-18(13-15)26-3/h4-6,8-11,13H,7,12H2,1-3H3,(H,22,23,24). The quantitative estimate of drug-likeness (QED) is 0.643. The van der Waals surface area contributed by atoms with Crippen LogP contribution in [0.5, 0.6) is 11.5 Å². The fourth-order valence-corrected chi connectivity index (χ4v) is 3.59. The number of hydrogen-bond donors (Lipinski definition) is 1. The molecule has 5 nitrogen and oxygen atoms in total. The highest BCUT2D eigenvalue weighted by Crippen LogP contribution is 2.31. The summed E-state index contributed by atoms with van der Waals surface area (Å²) in [7, 11) is 3.28. The van der Waals surface area contributed by atoms with E-state index in [0.29, 0.717) is 18.0 Å². The molecule has 2 aromatic carbocycles. The van der Waals surface area contributed by atoms with Crippen molar-refractivity contribution in [3.05, 3.63) is 59.0 Å². The van der Waals surface area contributed by atoms with Gasteiger partial charge in [0.2, 0.25) is 5.91 Å². The Labute approximate surface area is 163 Å². The molecule has 0 aliphatic carbocycles. The van der Waals surface area contributed by atoms with Crippen molar-refractivity contribution in [3.8, 4) is 22.8 Å². The topological polar surface area (TPSA) is 60.5 Å². The van der Waals surface area contributed by atoms with E-state index in [1.807, 2.05) is 55.5 Å².